The molecule has 0 saturated heterocycles. The van der Waals surface area contributed by atoms with Crippen LogP contribution in [0, 0.1) is 10.8 Å². The van der Waals surface area contributed by atoms with E-state index in [1.54, 1.807) is 0 Å². The molecule has 0 bridgehead atoms. The van der Waals surface area contributed by atoms with Gasteiger partial charge in [-0.15, -0.1) is 0 Å². The van der Waals surface area contributed by atoms with E-state index < -0.39 is 11.6 Å². The molecule has 0 aliphatic heterocycles. The standard InChI is InChI=1S/C15H29NO3/c1-13(2)7-11(8-14(3,4)9-13)16-10-15(5,18)12(17)19-6/h11,16,18H,7-10H2,1-6H3. The van der Waals surface area contributed by atoms with Gasteiger partial charge in [0.05, 0.1) is 7.11 Å². The molecule has 1 unspecified atom stereocenters. The number of nitrogens with one attached hydrogen (secondary N) is 1. The molecule has 19 heavy (non-hydrogen) atoms. The van der Waals surface area contributed by atoms with E-state index in [1.165, 1.54) is 20.5 Å². The summed E-state index contributed by atoms with van der Waals surface area (Å²) in [6.07, 6.45) is 3.33. The van der Waals surface area contributed by atoms with Crippen molar-refractivity contribution in [2.24, 2.45) is 10.8 Å². The fourth-order valence-corrected chi connectivity index (χ4v) is 3.63. The minimum absolute atomic E-state index is 0.233. The average Bonchev–Trinajstić information content (AvgIpc) is 2.21. The third-order valence-electron chi connectivity index (χ3n) is 3.92. The van der Waals surface area contributed by atoms with E-state index in [0.717, 1.165) is 12.8 Å². The first-order valence-corrected chi connectivity index (χ1v) is 7.02. The third-order valence-corrected chi connectivity index (χ3v) is 3.92. The van der Waals surface area contributed by atoms with Crippen molar-refractivity contribution < 1.29 is 14.6 Å². The van der Waals surface area contributed by atoms with Crippen molar-refractivity contribution in [1.82, 2.24) is 5.32 Å². The Morgan fingerprint density at radius 1 is 1.32 bits per heavy atom. The molecule has 1 saturated carbocycles. The molecule has 1 aliphatic carbocycles. The summed E-state index contributed by atoms with van der Waals surface area (Å²) in [4.78, 5) is 11.4. The fourth-order valence-electron chi connectivity index (χ4n) is 3.63. The van der Waals surface area contributed by atoms with Gasteiger partial charge in [0.25, 0.3) is 0 Å². The summed E-state index contributed by atoms with van der Waals surface area (Å²) >= 11 is 0. The smallest absolute Gasteiger partial charge is 0.338 e. The Balaban J connectivity index is 2.60. The van der Waals surface area contributed by atoms with Crippen LogP contribution in [0.5, 0.6) is 0 Å². The number of esters is 1. The summed E-state index contributed by atoms with van der Waals surface area (Å²) < 4.78 is 4.61. The lowest BCUT2D eigenvalue weighted by molar-refractivity contribution is -0.160. The number of hydrogen-bond donors (Lipinski definition) is 2. The fraction of sp³-hybridized carbons (Fsp3) is 0.933. The van der Waals surface area contributed by atoms with Crippen LogP contribution in [0.4, 0.5) is 0 Å². The van der Waals surface area contributed by atoms with Gasteiger partial charge in [0.2, 0.25) is 0 Å². The molecule has 112 valence electrons. The Morgan fingerprint density at radius 2 is 1.79 bits per heavy atom. The lowest BCUT2D eigenvalue weighted by Crippen LogP contribution is -2.51. The minimum atomic E-state index is -1.46. The quantitative estimate of drug-likeness (QED) is 0.769. The van der Waals surface area contributed by atoms with Crippen molar-refractivity contribution in [2.75, 3.05) is 13.7 Å². The lowest BCUT2D eigenvalue weighted by atomic mass is 9.63. The zero-order valence-electron chi connectivity index (χ0n) is 13.2. The van der Waals surface area contributed by atoms with E-state index in [9.17, 15) is 9.90 Å². The molecule has 0 radical (unpaired) electrons. The van der Waals surface area contributed by atoms with Gasteiger partial charge in [-0.05, 0) is 37.0 Å². The maximum absolute atomic E-state index is 11.4. The number of ether oxygens (including phenoxy) is 1. The van der Waals surface area contributed by atoms with Gasteiger partial charge >= 0.3 is 5.97 Å². The molecular formula is C15H29NO3. The normalized spacial score (nSPS) is 25.6. The van der Waals surface area contributed by atoms with E-state index in [0.29, 0.717) is 6.04 Å². The second-order valence-electron chi connectivity index (χ2n) is 7.76. The molecule has 0 aromatic rings. The maximum atomic E-state index is 11.4. The molecule has 1 fully saturated rings. The number of aliphatic hydroxyl groups is 1. The van der Waals surface area contributed by atoms with Crippen LogP contribution in [0.1, 0.15) is 53.9 Å². The van der Waals surface area contributed by atoms with Crippen molar-refractivity contribution in [3.05, 3.63) is 0 Å². The van der Waals surface area contributed by atoms with Crippen molar-refractivity contribution in [3.63, 3.8) is 0 Å². The maximum Gasteiger partial charge on any atom is 0.338 e. The summed E-state index contributed by atoms with van der Waals surface area (Å²) in [5.74, 6) is -0.589. The van der Waals surface area contributed by atoms with Crippen LogP contribution >= 0.6 is 0 Å². The Bertz CT molecular complexity index is 318. The number of rotatable bonds is 4. The molecule has 4 nitrogen and oxygen atoms in total. The summed E-state index contributed by atoms with van der Waals surface area (Å²) in [6.45, 7) is 10.8. The van der Waals surface area contributed by atoms with Crippen LogP contribution in [-0.4, -0.2) is 36.4 Å². The van der Waals surface area contributed by atoms with Gasteiger partial charge in [0.1, 0.15) is 0 Å². The van der Waals surface area contributed by atoms with Gasteiger partial charge in [-0.3, -0.25) is 0 Å². The van der Waals surface area contributed by atoms with E-state index in [-0.39, 0.29) is 17.4 Å². The molecule has 0 aromatic heterocycles. The number of methoxy groups -OCH3 is 1. The van der Waals surface area contributed by atoms with Crippen LogP contribution in [0.25, 0.3) is 0 Å². The molecule has 0 spiro atoms. The van der Waals surface area contributed by atoms with Gasteiger partial charge in [0, 0.05) is 12.6 Å². The molecule has 2 N–H and O–H groups in total. The van der Waals surface area contributed by atoms with Crippen LogP contribution in [0.3, 0.4) is 0 Å². The van der Waals surface area contributed by atoms with E-state index in [4.69, 9.17) is 0 Å². The lowest BCUT2D eigenvalue weighted by Gasteiger charge is -2.45. The molecule has 1 atom stereocenters. The predicted octanol–water partition coefficient (Wildman–Crippen LogP) is 2.10. The first-order chi connectivity index (χ1) is 8.47. The molecular weight excluding hydrogens is 242 g/mol. The Labute approximate surface area is 116 Å². The zero-order valence-corrected chi connectivity index (χ0v) is 13.2. The first-order valence-electron chi connectivity index (χ1n) is 7.02. The molecule has 0 amide bonds. The highest BCUT2D eigenvalue weighted by Crippen LogP contribution is 2.45. The van der Waals surface area contributed by atoms with Crippen LogP contribution in [0.15, 0.2) is 0 Å². The Hall–Kier alpha value is -0.610. The highest BCUT2D eigenvalue weighted by atomic mass is 16.5. The summed E-state index contributed by atoms with van der Waals surface area (Å²) in [6, 6.07) is 0.329. The van der Waals surface area contributed by atoms with Gasteiger partial charge in [-0.1, -0.05) is 27.7 Å². The monoisotopic (exact) mass is 271 g/mol. The first kappa shape index (κ1) is 16.4. The Kier molecular flexibility index (Phi) is 4.68. The van der Waals surface area contributed by atoms with Crippen LogP contribution in [0.2, 0.25) is 0 Å². The number of carbonyl (C=O) groups is 1. The largest absolute Gasteiger partial charge is 0.467 e. The van der Waals surface area contributed by atoms with Gasteiger partial charge in [0.15, 0.2) is 5.60 Å². The third kappa shape index (κ3) is 4.77. The SMILES string of the molecule is COC(=O)C(C)(O)CNC1CC(C)(C)CC(C)(C)C1. The predicted molar refractivity (Wildman–Crippen MR) is 75.8 cm³/mol. The van der Waals surface area contributed by atoms with Crippen LogP contribution < -0.4 is 5.32 Å². The number of hydrogen-bond acceptors (Lipinski definition) is 4. The second kappa shape index (κ2) is 5.41. The topological polar surface area (TPSA) is 58.6 Å². The summed E-state index contributed by atoms with van der Waals surface area (Å²) in [7, 11) is 1.30. The molecule has 1 rings (SSSR count). The molecule has 0 aromatic carbocycles. The van der Waals surface area contributed by atoms with Crippen molar-refractivity contribution in [2.45, 2.75) is 65.5 Å². The van der Waals surface area contributed by atoms with E-state index in [1.807, 2.05) is 0 Å². The molecule has 0 heterocycles. The van der Waals surface area contributed by atoms with Crippen molar-refractivity contribution in [1.29, 1.82) is 0 Å². The van der Waals surface area contributed by atoms with Crippen molar-refractivity contribution in [3.8, 4) is 0 Å². The van der Waals surface area contributed by atoms with Crippen LogP contribution in [-0.2, 0) is 9.53 Å². The van der Waals surface area contributed by atoms with E-state index >= 15 is 0 Å². The highest BCUT2D eigenvalue weighted by molar-refractivity contribution is 5.78. The zero-order chi connectivity index (χ0) is 14.9. The second-order valence-corrected chi connectivity index (χ2v) is 7.76. The average molecular weight is 271 g/mol. The van der Waals surface area contributed by atoms with E-state index in [2.05, 4.69) is 37.7 Å². The highest BCUT2D eigenvalue weighted by Gasteiger charge is 2.39. The summed E-state index contributed by atoms with van der Waals surface area (Å²) in [5, 5.41) is 13.4. The van der Waals surface area contributed by atoms with Gasteiger partial charge in [-0.25, -0.2) is 4.79 Å². The van der Waals surface area contributed by atoms with Crippen molar-refractivity contribution >= 4 is 5.97 Å². The summed E-state index contributed by atoms with van der Waals surface area (Å²) in [5.41, 5.74) is -0.881. The molecule has 4 heteroatoms. The molecule has 1 aliphatic rings. The minimum Gasteiger partial charge on any atom is -0.467 e. The number of carbonyl (C=O) groups excluding carboxylic acids is 1. The van der Waals surface area contributed by atoms with Gasteiger partial charge < -0.3 is 15.2 Å². The van der Waals surface area contributed by atoms with Gasteiger partial charge in [-0.2, -0.15) is 0 Å². The Morgan fingerprint density at radius 3 is 2.21 bits per heavy atom.